The van der Waals surface area contributed by atoms with Gasteiger partial charge in [-0.2, -0.15) is 0 Å². The highest BCUT2D eigenvalue weighted by Gasteiger charge is 2.58. The Balaban J connectivity index is 1.32. The lowest BCUT2D eigenvalue weighted by atomic mass is 9.60. The summed E-state index contributed by atoms with van der Waals surface area (Å²) in [7, 11) is 0. The normalized spacial score (nSPS) is 24.0. The van der Waals surface area contributed by atoms with Gasteiger partial charge in [-0.3, -0.25) is 4.57 Å². The van der Waals surface area contributed by atoms with E-state index in [1.165, 1.54) is 0 Å². The molecule has 0 saturated heterocycles. The Hall–Kier alpha value is -3.61. The highest BCUT2D eigenvalue weighted by Crippen LogP contribution is 2.57. The fourth-order valence-corrected chi connectivity index (χ4v) is 6.24. The van der Waals surface area contributed by atoms with Crippen LogP contribution in [0.2, 0.25) is 0 Å². The first kappa shape index (κ1) is 22.6. The molecule has 2 fully saturated rings. The average Bonchev–Trinajstić information content (AvgIpc) is 3.69. The summed E-state index contributed by atoms with van der Waals surface area (Å²) in [5.41, 5.74) is 11.6. The monoisotopic (exact) mass is 493 g/mol. The Kier molecular flexibility index (Phi) is 5.00. The number of ether oxygens (including phenoxy) is 2. The average molecular weight is 494 g/mol. The molecule has 0 atom stereocenters. The number of aromatic nitrogens is 2. The third-order valence-electron chi connectivity index (χ3n) is 8.19. The van der Waals surface area contributed by atoms with Gasteiger partial charge in [0.2, 0.25) is 0 Å². The van der Waals surface area contributed by atoms with Crippen molar-refractivity contribution >= 4 is 0 Å². The predicted octanol–water partition coefficient (Wildman–Crippen LogP) is 5.72. The quantitative estimate of drug-likeness (QED) is 0.359. The second kappa shape index (κ2) is 8.20. The molecule has 0 spiro atoms. The lowest BCUT2D eigenvalue weighted by molar-refractivity contribution is -0.106. The standard InChI is InChI=1S/C31H31N3O3/c1-2-36-24-9-6-10-25-26(24)29-33-27(28(34(29)19-37-25)21-7-4-3-5-8-21)20-11-13-22(14-12-20)30(32)17-31(35,18-30)23-15-16-23/h3-14,23,35H,2,15-19,32H2,1H3. The van der Waals surface area contributed by atoms with E-state index in [0.717, 1.165) is 63.8 Å². The minimum absolute atomic E-state index is 0.374. The zero-order valence-electron chi connectivity index (χ0n) is 21.0. The zero-order valence-corrected chi connectivity index (χ0v) is 21.0. The molecule has 2 heterocycles. The summed E-state index contributed by atoms with van der Waals surface area (Å²) >= 11 is 0. The highest BCUT2D eigenvalue weighted by molar-refractivity contribution is 5.85. The van der Waals surface area contributed by atoms with Gasteiger partial charge in [-0.1, -0.05) is 60.7 Å². The van der Waals surface area contributed by atoms with Crippen molar-refractivity contribution in [2.75, 3.05) is 6.61 Å². The number of nitrogens with two attached hydrogens (primary N) is 1. The molecule has 0 amide bonds. The van der Waals surface area contributed by atoms with Crippen LogP contribution in [0, 0.1) is 5.92 Å². The second-order valence-corrected chi connectivity index (χ2v) is 10.7. The van der Waals surface area contributed by atoms with E-state index in [-0.39, 0.29) is 0 Å². The molecule has 7 rings (SSSR count). The van der Waals surface area contributed by atoms with Gasteiger partial charge >= 0.3 is 0 Å². The number of fused-ring (bicyclic) bond motifs is 3. The molecular weight excluding hydrogens is 462 g/mol. The third-order valence-corrected chi connectivity index (χ3v) is 8.19. The molecule has 0 bridgehead atoms. The predicted molar refractivity (Wildman–Crippen MR) is 143 cm³/mol. The minimum Gasteiger partial charge on any atom is -0.493 e. The van der Waals surface area contributed by atoms with Crippen molar-refractivity contribution in [3.05, 3.63) is 78.4 Å². The van der Waals surface area contributed by atoms with E-state index in [0.29, 0.717) is 32.1 Å². The molecule has 0 radical (unpaired) electrons. The van der Waals surface area contributed by atoms with Crippen molar-refractivity contribution in [1.29, 1.82) is 0 Å². The third kappa shape index (κ3) is 3.58. The van der Waals surface area contributed by atoms with E-state index in [4.69, 9.17) is 20.2 Å². The van der Waals surface area contributed by atoms with E-state index in [2.05, 4.69) is 41.0 Å². The summed E-state index contributed by atoms with van der Waals surface area (Å²) in [4.78, 5) is 5.19. The first-order valence-corrected chi connectivity index (χ1v) is 13.2. The van der Waals surface area contributed by atoms with Crippen molar-refractivity contribution < 1.29 is 14.6 Å². The van der Waals surface area contributed by atoms with Crippen molar-refractivity contribution in [2.24, 2.45) is 11.7 Å². The summed E-state index contributed by atoms with van der Waals surface area (Å²) in [6, 6.07) is 24.6. The molecule has 188 valence electrons. The topological polar surface area (TPSA) is 82.5 Å². The lowest BCUT2D eigenvalue weighted by Gasteiger charge is -2.52. The fourth-order valence-electron chi connectivity index (χ4n) is 6.24. The van der Waals surface area contributed by atoms with Crippen molar-refractivity contribution in [3.8, 4) is 45.4 Å². The summed E-state index contributed by atoms with van der Waals surface area (Å²) in [6.07, 6.45) is 3.51. The van der Waals surface area contributed by atoms with Crippen LogP contribution in [0.1, 0.15) is 38.2 Å². The first-order valence-electron chi connectivity index (χ1n) is 13.2. The van der Waals surface area contributed by atoms with E-state index in [1.807, 2.05) is 43.3 Å². The molecule has 0 unspecified atom stereocenters. The van der Waals surface area contributed by atoms with Gasteiger partial charge in [0, 0.05) is 16.7 Å². The highest BCUT2D eigenvalue weighted by atomic mass is 16.5. The van der Waals surface area contributed by atoms with E-state index in [9.17, 15) is 5.11 Å². The largest absolute Gasteiger partial charge is 0.493 e. The van der Waals surface area contributed by atoms with E-state index in [1.54, 1.807) is 0 Å². The molecule has 2 saturated carbocycles. The van der Waals surface area contributed by atoms with Gasteiger partial charge in [0.05, 0.1) is 23.6 Å². The maximum atomic E-state index is 10.9. The number of aliphatic hydroxyl groups is 1. The summed E-state index contributed by atoms with van der Waals surface area (Å²) in [5, 5.41) is 10.9. The molecule has 6 heteroatoms. The number of hydrogen-bond acceptors (Lipinski definition) is 5. The maximum Gasteiger partial charge on any atom is 0.167 e. The number of hydrogen-bond donors (Lipinski definition) is 2. The van der Waals surface area contributed by atoms with Gasteiger partial charge in [-0.15, -0.1) is 0 Å². The summed E-state index contributed by atoms with van der Waals surface area (Å²) in [6.45, 7) is 2.92. The number of rotatable bonds is 6. The smallest absolute Gasteiger partial charge is 0.167 e. The molecule has 3 aromatic carbocycles. The summed E-state index contributed by atoms with van der Waals surface area (Å²) in [5.74, 6) is 2.82. The fraction of sp³-hybridized carbons (Fsp3) is 0.323. The molecule has 6 nitrogen and oxygen atoms in total. The van der Waals surface area contributed by atoms with Crippen LogP contribution in [-0.4, -0.2) is 26.9 Å². The van der Waals surface area contributed by atoms with Crippen LogP contribution in [0.4, 0.5) is 0 Å². The lowest BCUT2D eigenvalue weighted by Crippen LogP contribution is -2.60. The molecule has 3 N–H and O–H groups in total. The van der Waals surface area contributed by atoms with Crippen molar-refractivity contribution in [1.82, 2.24) is 9.55 Å². The number of benzene rings is 3. The van der Waals surface area contributed by atoms with Crippen LogP contribution in [0.15, 0.2) is 72.8 Å². The Morgan fingerprint density at radius 1 is 1.00 bits per heavy atom. The van der Waals surface area contributed by atoms with Crippen molar-refractivity contribution in [2.45, 2.75) is 50.5 Å². The van der Waals surface area contributed by atoms with Crippen molar-refractivity contribution in [3.63, 3.8) is 0 Å². The van der Waals surface area contributed by atoms with Gasteiger partial charge < -0.3 is 20.3 Å². The minimum atomic E-state index is -0.581. The van der Waals surface area contributed by atoms with Gasteiger partial charge in [-0.05, 0) is 56.2 Å². The van der Waals surface area contributed by atoms with Gasteiger partial charge in [0.25, 0.3) is 0 Å². The van der Waals surface area contributed by atoms with Crippen LogP contribution in [0.5, 0.6) is 11.5 Å². The van der Waals surface area contributed by atoms with Gasteiger partial charge in [0.15, 0.2) is 12.6 Å². The molecule has 1 aliphatic heterocycles. The van der Waals surface area contributed by atoms with E-state index >= 15 is 0 Å². The SMILES string of the molecule is CCOc1cccc2c1-c1nc(-c3ccc(C4(N)CC(O)(C5CC5)C4)cc3)c(-c3ccccc3)n1CO2. The van der Waals surface area contributed by atoms with Crippen LogP contribution < -0.4 is 15.2 Å². The maximum absolute atomic E-state index is 10.9. The Bertz CT molecular complexity index is 1470. The van der Waals surface area contributed by atoms with Gasteiger partial charge in [-0.25, -0.2) is 4.98 Å². The van der Waals surface area contributed by atoms with Crippen LogP contribution >= 0.6 is 0 Å². The zero-order chi connectivity index (χ0) is 25.2. The molecule has 37 heavy (non-hydrogen) atoms. The number of nitrogens with zero attached hydrogens (tertiary/aromatic N) is 2. The molecule has 4 aromatic rings. The first-order chi connectivity index (χ1) is 18.0. The molecular formula is C31H31N3O3. The van der Waals surface area contributed by atoms with E-state index < -0.39 is 11.1 Å². The van der Waals surface area contributed by atoms with Gasteiger partial charge in [0.1, 0.15) is 17.1 Å². The second-order valence-electron chi connectivity index (χ2n) is 10.7. The molecule has 2 aliphatic carbocycles. The summed E-state index contributed by atoms with van der Waals surface area (Å²) < 4.78 is 14.3. The molecule has 3 aliphatic rings. The molecule has 1 aromatic heterocycles. The van der Waals surface area contributed by atoms with Crippen LogP contribution in [0.25, 0.3) is 33.9 Å². The Labute approximate surface area is 216 Å². The Morgan fingerprint density at radius 3 is 2.46 bits per heavy atom. The Morgan fingerprint density at radius 2 is 1.76 bits per heavy atom. The number of imidazole rings is 1. The van der Waals surface area contributed by atoms with Crippen LogP contribution in [-0.2, 0) is 12.3 Å². The van der Waals surface area contributed by atoms with Crippen LogP contribution in [0.3, 0.4) is 0 Å².